The molecular weight excluding hydrogens is 236 g/mol. The third-order valence-corrected chi connectivity index (χ3v) is 4.32. The molecule has 1 rings (SSSR count). The van der Waals surface area contributed by atoms with E-state index in [0.29, 0.717) is 23.8 Å². The number of hydrogen-bond acceptors (Lipinski definition) is 2. The number of amides is 1. The second kappa shape index (κ2) is 7.28. The predicted molar refractivity (Wildman–Crippen MR) is 80.8 cm³/mol. The maximum atomic E-state index is 12.7. The van der Waals surface area contributed by atoms with E-state index in [4.69, 9.17) is 0 Å². The zero-order valence-electron chi connectivity index (χ0n) is 13.6. The van der Waals surface area contributed by atoms with Gasteiger partial charge in [0.05, 0.1) is 12.2 Å². The predicted octanol–water partition coefficient (Wildman–Crippen LogP) is 3.39. The summed E-state index contributed by atoms with van der Waals surface area (Å²) in [6.07, 6.45) is 4.55. The van der Waals surface area contributed by atoms with E-state index in [1.165, 1.54) is 0 Å². The number of rotatable bonds is 7. The highest BCUT2D eigenvalue weighted by Crippen LogP contribution is 2.26. The quantitative estimate of drug-likeness (QED) is 0.767. The lowest BCUT2D eigenvalue weighted by molar-refractivity contribution is -0.133. The minimum absolute atomic E-state index is 0.0213. The SMILES string of the molecule is CCCC(C)N1C(=O)C(C(C)CC)NC1CC(C)C. The van der Waals surface area contributed by atoms with Crippen molar-refractivity contribution >= 4 is 5.91 Å². The Morgan fingerprint density at radius 3 is 2.32 bits per heavy atom. The van der Waals surface area contributed by atoms with Gasteiger partial charge >= 0.3 is 0 Å². The van der Waals surface area contributed by atoms with Gasteiger partial charge in [0.2, 0.25) is 5.91 Å². The van der Waals surface area contributed by atoms with Crippen LogP contribution in [0.25, 0.3) is 0 Å². The first-order chi connectivity index (χ1) is 8.92. The molecule has 0 aromatic rings. The van der Waals surface area contributed by atoms with Crippen LogP contribution in [-0.2, 0) is 4.79 Å². The molecule has 3 nitrogen and oxygen atoms in total. The lowest BCUT2D eigenvalue weighted by atomic mass is 9.99. The van der Waals surface area contributed by atoms with Gasteiger partial charge in [0, 0.05) is 6.04 Å². The summed E-state index contributed by atoms with van der Waals surface area (Å²) in [7, 11) is 0. The summed E-state index contributed by atoms with van der Waals surface area (Å²) >= 11 is 0. The van der Waals surface area contributed by atoms with Crippen molar-refractivity contribution in [1.82, 2.24) is 10.2 Å². The summed E-state index contributed by atoms with van der Waals surface area (Å²) in [4.78, 5) is 14.8. The van der Waals surface area contributed by atoms with Crippen molar-refractivity contribution < 1.29 is 4.79 Å². The Hall–Kier alpha value is -0.570. The molecular formula is C16H32N2O. The van der Waals surface area contributed by atoms with E-state index >= 15 is 0 Å². The molecule has 0 radical (unpaired) electrons. The Balaban J connectivity index is 2.84. The van der Waals surface area contributed by atoms with Crippen LogP contribution < -0.4 is 5.32 Å². The van der Waals surface area contributed by atoms with Crippen LogP contribution in [0, 0.1) is 11.8 Å². The highest BCUT2D eigenvalue weighted by atomic mass is 16.2. The summed E-state index contributed by atoms with van der Waals surface area (Å²) in [6, 6.07) is 0.371. The van der Waals surface area contributed by atoms with E-state index < -0.39 is 0 Å². The van der Waals surface area contributed by atoms with Gasteiger partial charge in [0.1, 0.15) is 0 Å². The molecule has 19 heavy (non-hydrogen) atoms. The van der Waals surface area contributed by atoms with Gasteiger partial charge in [0.25, 0.3) is 0 Å². The van der Waals surface area contributed by atoms with Crippen molar-refractivity contribution in [2.45, 2.75) is 85.5 Å². The fourth-order valence-electron chi connectivity index (χ4n) is 3.03. The third-order valence-electron chi connectivity index (χ3n) is 4.32. The molecule has 1 saturated heterocycles. The van der Waals surface area contributed by atoms with Crippen molar-refractivity contribution in [3.63, 3.8) is 0 Å². The maximum absolute atomic E-state index is 12.7. The van der Waals surface area contributed by atoms with Crippen molar-refractivity contribution in [3.05, 3.63) is 0 Å². The molecule has 0 spiro atoms. The molecule has 0 saturated carbocycles. The van der Waals surface area contributed by atoms with Crippen molar-refractivity contribution in [2.75, 3.05) is 0 Å². The molecule has 0 aromatic carbocycles. The van der Waals surface area contributed by atoms with Gasteiger partial charge in [-0.3, -0.25) is 10.1 Å². The minimum atomic E-state index is 0.0213. The molecule has 1 N–H and O–H groups in total. The number of nitrogens with one attached hydrogen (secondary N) is 1. The van der Waals surface area contributed by atoms with Crippen LogP contribution in [0.5, 0.6) is 0 Å². The molecule has 1 heterocycles. The van der Waals surface area contributed by atoms with Gasteiger partial charge in [-0.2, -0.15) is 0 Å². The summed E-state index contributed by atoms with van der Waals surface area (Å²) in [6.45, 7) is 13.2. The Bertz CT molecular complexity index is 290. The first-order valence-corrected chi connectivity index (χ1v) is 8.00. The van der Waals surface area contributed by atoms with Gasteiger partial charge in [-0.15, -0.1) is 0 Å². The first-order valence-electron chi connectivity index (χ1n) is 8.00. The molecule has 112 valence electrons. The summed E-state index contributed by atoms with van der Waals surface area (Å²) in [5.41, 5.74) is 0. The highest BCUT2D eigenvalue weighted by molar-refractivity contribution is 5.85. The number of hydrogen-bond donors (Lipinski definition) is 1. The monoisotopic (exact) mass is 268 g/mol. The lowest BCUT2D eigenvalue weighted by Crippen LogP contribution is -2.43. The normalized spacial score (nSPS) is 27.1. The molecule has 3 heteroatoms. The van der Waals surface area contributed by atoms with Gasteiger partial charge in [-0.1, -0.05) is 47.5 Å². The Kier molecular flexibility index (Phi) is 6.31. The average molecular weight is 268 g/mol. The van der Waals surface area contributed by atoms with Gasteiger partial charge in [-0.25, -0.2) is 0 Å². The Morgan fingerprint density at radius 1 is 1.21 bits per heavy atom. The van der Waals surface area contributed by atoms with Crippen LogP contribution in [0.4, 0.5) is 0 Å². The molecule has 4 unspecified atom stereocenters. The Labute approximate surface area is 119 Å². The van der Waals surface area contributed by atoms with Gasteiger partial charge in [0.15, 0.2) is 0 Å². The van der Waals surface area contributed by atoms with E-state index in [0.717, 1.165) is 25.7 Å². The van der Waals surface area contributed by atoms with Crippen molar-refractivity contribution in [2.24, 2.45) is 11.8 Å². The molecule has 1 amide bonds. The molecule has 1 aliphatic rings. The second-order valence-corrected chi connectivity index (χ2v) is 6.56. The average Bonchev–Trinajstić information content (AvgIpc) is 2.64. The molecule has 0 bridgehead atoms. The third kappa shape index (κ3) is 3.95. The largest absolute Gasteiger partial charge is 0.323 e. The smallest absolute Gasteiger partial charge is 0.241 e. The zero-order chi connectivity index (χ0) is 14.6. The highest BCUT2D eigenvalue weighted by Gasteiger charge is 2.42. The molecule has 0 aromatic heterocycles. The van der Waals surface area contributed by atoms with Gasteiger partial charge in [-0.05, 0) is 31.6 Å². The molecule has 4 atom stereocenters. The summed E-state index contributed by atoms with van der Waals surface area (Å²) in [5, 5.41) is 3.59. The number of carbonyl (C=O) groups excluding carboxylic acids is 1. The van der Waals surface area contributed by atoms with E-state index in [9.17, 15) is 4.79 Å². The lowest BCUT2D eigenvalue weighted by Gasteiger charge is -2.31. The minimum Gasteiger partial charge on any atom is -0.323 e. The number of nitrogens with zero attached hydrogens (tertiary/aromatic N) is 1. The molecule has 1 aliphatic heterocycles. The second-order valence-electron chi connectivity index (χ2n) is 6.56. The van der Waals surface area contributed by atoms with Crippen LogP contribution in [0.15, 0.2) is 0 Å². The first kappa shape index (κ1) is 16.5. The topological polar surface area (TPSA) is 32.3 Å². The number of carbonyl (C=O) groups is 1. The standard InChI is InChI=1S/C16H32N2O/c1-7-9-13(6)18-14(10-11(3)4)17-15(16(18)19)12(5)8-2/h11-15,17H,7-10H2,1-6H3. The zero-order valence-corrected chi connectivity index (χ0v) is 13.6. The fraction of sp³-hybridized carbons (Fsp3) is 0.938. The summed E-state index contributed by atoms with van der Waals surface area (Å²) in [5.74, 6) is 1.35. The van der Waals surface area contributed by atoms with Gasteiger partial charge < -0.3 is 4.90 Å². The van der Waals surface area contributed by atoms with Crippen LogP contribution in [0.3, 0.4) is 0 Å². The van der Waals surface area contributed by atoms with Crippen molar-refractivity contribution in [3.8, 4) is 0 Å². The van der Waals surface area contributed by atoms with Crippen LogP contribution >= 0.6 is 0 Å². The maximum Gasteiger partial charge on any atom is 0.241 e. The van der Waals surface area contributed by atoms with Crippen LogP contribution in [-0.4, -0.2) is 29.1 Å². The molecule has 1 fully saturated rings. The molecule has 0 aliphatic carbocycles. The van der Waals surface area contributed by atoms with E-state index in [1.807, 2.05) is 0 Å². The van der Waals surface area contributed by atoms with E-state index in [1.54, 1.807) is 0 Å². The Morgan fingerprint density at radius 2 is 1.84 bits per heavy atom. The van der Waals surface area contributed by atoms with E-state index in [2.05, 4.69) is 51.8 Å². The van der Waals surface area contributed by atoms with Crippen molar-refractivity contribution in [1.29, 1.82) is 0 Å². The fourth-order valence-corrected chi connectivity index (χ4v) is 3.03. The van der Waals surface area contributed by atoms with Crippen LogP contribution in [0.2, 0.25) is 0 Å². The summed E-state index contributed by atoms with van der Waals surface area (Å²) < 4.78 is 0. The van der Waals surface area contributed by atoms with Crippen LogP contribution in [0.1, 0.15) is 67.2 Å². The van der Waals surface area contributed by atoms with E-state index in [-0.39, 0.29) is 12.2 Å².